The second kappa shape index (κ2) is 16.2. The molecule has 0 unspecified atom stereocenters. The van der Waals surface area contributed by atoms with Crippen LogP contribution in [0.1, 0.15) is 45.7 Å². The summed E-state index contributed by atoms with van der Waals surface area (Å²) >= 11 is 6.10. The van der Waals surface area contributed by atoms with E-state index in [0.717, 1.165) is 16.8 Å². The van der Waals surface area contributed by atoms with Gasteiger partial charge in [0, 0.05) is 74.1 Å². The van der Waals surface area contributed by atoms with Crippen molar-refractivity contribution in [2.24, 2.45) is 0 Å². The van der Waals surface area contributed by atoms with Gasteiger partial charge in [-0.3, -0.25) is 19.2 Å². The van der Waals surface area contributed by atoms with Crippen molar-refractivity contribution < 1.29 is 23.5 Å². The molecule has 3 aromatic rings. The molecule has 0 aliphatic carbocycles. The summed E-state index contributed by atoms with van der Waals surface area (Å²) in [6.45, 7) is 4.65. The van der Waals surface area contributed by atoms with Crippen LogP contribution in [0.25, 0.3) is 0 Å². The Morgan fingerprint density at radius 3 is 2.26 bits per heavy atom. The van der Waals surface area contributed by atoms with Gasteiger partial charge in [-0.1, -0.05) is 67.6 Å². The first kappa shape index (κ1) is 34.5. The number of piperazine rings is 1. The molecular weight excluding hydrogens is 604 g/mol. The molecule has 1 saturated heterocycles. The highest BCUT2D eigenvalue weighted by molar-refractivity contribution is 6.30. The molecule has 0 radical (unpaired) electrons. The molecule has 4 N–H and O–H groups in total. The van der Waals surface area contributed by atoms with Crippen molar-refractivity contribution in [3.8, 4) is 0 Å². The lowest BCUT2D eigenvalue weighted by Crippen LogP contribution is -2.58. The molecule has 4 amide bonds. The SMILES string of the molecule is C.CC(=O)NCCNC(=O)c1ccccc1N1CCN(C(=O)[C@@H](Cc2ccc(Cl)cc2)NC(=O)[C@@H]2Cc3ccccc3CN2)CC1.[HH].[HH].[HH]. The zero-order chi connectivity index (χ0) is 31.8. The molecule has 0 aromatic heterocycles. The summed E-state index contributed by atoms with van der Waals surface area (Å²) in [5.74, 6) is -0.713. The van der Waals surface area contributed by atoms with Crippen molar-refractivity contribution in [1.82, 2.24) is 26.2 Å². The van der Waals surface area contributed by atoms with Crippen molar-refractivity contribution in [3.63, 3.8) is 0 Å². The standard InChI is InChI=1S/C34H39ClN6O4.CH4.3H2/c1-23(42)36-14-15-37-32(43)28-8-4-5-9-31(28)40-16-18-41(19-17-40)34(45)30(20-24-10-12-27(35)13-11-24)39-33(44)29-21-25-6-2-3-7-26(25)22-38-29;;;;/h2-13,29-30,38H,14-22H2,1H3,(H,36,42)(H,37,43)(H,39,44);1H4;3*1H/t29-,30+;;;;/m0..../s1. The molecular formula is C35H49ClN6O4. The first-order valence-corrected chi connectivity index (χ1v) is 15.7. The zero-order valence-corrected chi connectivity index (χ0v) is 26.1. The Balaban J connectivity index is 0.00000300. The Kier molecular flexibility index (Phi) is 12.2. The lowest BCUT2D eigenvalue weighted by atomic mass is 9.95. The van der Waals surface area contributed by atoms with Gasteiger partial charge in [-0.05, 0) is 47.4 Å². The maximum absolute atomic E-state index is 14.0. The molecule has 2 aliphatic rings. The average molecular weight is 653 g/mol. The summed E-state index contributed by atoms with van der Waals surface area (Å²) in [6, 6.07) is 21.6. The van der Waals surface area contributed by atoms with Crippen LogP contribution < -0.4 is 26.2 Å². The van der Waals surface area contributed by atoms with E-state index in [-0.39, 0.29) is 35.3 Å². The highest BCUT2D eigenvalue weighted by Crippen LogP contribution is 2.23. The van der Waals surface area contributed by atoms with Crippen LogP contribution in [0.5, 0.6) is 0 Å². The van der Waals surface area contributed by atoms with E-state index >= 15 is 0 Å². The fraction of sp³-hybridized carbons (Fsp3) is 0.371. The van der Waals surface area contributed by atoms with Gasteiger partial charge in [0.05, 0.1) is 11.6 Å². The molecule has 5 rings (SSSR count). The van der Waals surface area contributed by atoms with Crippen LogP contribution in [0.2, 0.25) is 5.02 Å². The number of carbonyl (C=O) groups excluding carboxylic acids is 4. The minimum absolute atomic E-state index is 0. The zero-order valence-electron chi connectivity index (χ0n) is 25.4. The van der Waals surface area contributed by atoms with Crippen molar-refractivity contribution in [2.45, 2.75) is 45.8 Å². The monoisotopic (exact) mass is 652 g/mol. The van der Waals surface area contributed by atoms with Crippen LogP contribution in [0, 0.1) is 0 Å². The van der Waals surface area contributed by atoms with Gasteiger partial charge >= 0.3 is 0 Å². The third kappa shape index (κ3) is 8.86. The van der Waals surface area contributed by atoms with Crippen LogP contribution >= 0.6 is 11.6 Å². The van der Waals surface area contributed by atoms with E-state index in [1.54, 1.807) is 23.1 Å². The number of nitrogens with zero attached hydrogens (tertiary/aromatic N) is 2. The third-order valence-corrected chi connectivity index (χ3v) is 8.48. The fourth-order valence-electron chi connectivity index (χ4n) is 5.81. The van der Waals surface area contributed by atoms with Crippen molar-refractivity contribution in [1.29, 1.82) is 0 Å². The first-order chi connectivity index (χ1) is 21.8. The smallest absolute Gasteiger partial charge is 0.253 e. The molecule has 250 valence electrons. The summed E-state index contributed by atoms with van der Waals surface area (Å²) in [4.78, 5) is 55.4. The average Bonchev–Trinajstić information content (AvgIpc) is 3.06. The Morgan fingerprint density at radius 2 is 1.54 bits per heavy atom. The molecule has 0 spiro atoms. The van der Waals surface area contributed by atoms with Crippen LogP contribution in [-0.4, -0.2) is 79.9 Å². The molecule has 1 fully saturated rings. The Morgan fingerprint density at radius 1 is 0.891 bits per heavy atom. The van der Waals surface area contributed by atoms with E-state index in [0.29, 0.717) is 69.2 Å². The maximum atomic E-state index is 14.0. The summed E-state index contributed by atoms with van der Waals surface area (Å²) in [5.41, 5.74) is 4.54. The number of hydrogen-bond acceptors (Lipinski definition) is 6. The summed E-state index contributed by atoms with van der Waals surface area (Å²) in [5, 5.41) is 12.5. The summed E-state index contributed by atoms with van der Waals surface area (Å²) < 4.78 is 0. The molecule has 2 heterocycles. The number of anilines is 1. The van der Waals surface area contributed by atoms with Gasteiger partial charge in [-0.25, -0.2) is 0 Å². The van der Waals surface area contributed by atoms with Gasteiger partial charge < -0.3 is 31.1 Å². The van der Waals surface area contributed by atoms with Gasteiger partial charge in [-0.15, -0.1) is 0 Å². The van der Waals surface area contributed by atoms with Gasteiger partial charge in [0.1, 0.15) is 6.04 Å². The number of halogens is 1. The molecule has 10 nitrogen and oxygen atoms in total. The van der Waals surface area contributed by atoms with Crippen LogP contribution in [0.3, 0.4) is 0 Å². The number of para-hydroxylation sites is 1. The quantitative estimate of drug-likeness (QED) is 0.248. The van der Waals surface area contributed by atoms with Gasteiger partial charge in [0.15, 0.2) is 0 Å². The number of fused-ring (bicyclic) bond motifs is 1. The van der Waals surface area contributed by atoms with Crippen LogP contribution in [0.15, 0.2) is 72.8 Å². The van der Waals surface area contributed by atoms with Gasteiger partial charge in [0.25, 0.3) is 5.91 Å². The van der Waals surface area contributed by atoms with E-state index in [2.05, 4.69) is 32.2 Å². The van der Waals surface area contributed by atoms with Gasteiger partial charge in [0.2, 0.25) is 17.7 Å². The second-order valence-corrected chi connectivity index (χ2v) is 11.8. The van der Waals surface area contributed by atoms with E-state index in [1.807, 2.05) is 48.5 Å². The molecule has 2 atom stereocenters. The third-order valence-electron chi connectivity index (χ3n) is 8.23. The Labute approximate surface area is 280 Å². The highest BCUT2D eigenvalue weighted by atomic mass is 35.5. The second-order valence-electron chi connectivity index (χ2n) is 11.4. The largest absolute Gasteiger partial charge is 0.367 e. The number of hydrogen-bond donors (Lipinski definition) is 4. The normalized spacial score (nSPS) is 16.3. The molecule has 2 aliphatic heterocycles. The molecule has 0 bridgehead atoms. The number of carbonyl (C=O) groups is 4. The molecule has 11 heteroatoms. The fourth-order valence-corrected chi connectivity index (χ4v) is 5.93. The van der Waals surface area contributed by atoms with Crippen molar-refractivity contribution >= 4 is 40.9 Å². The number of rotatable bonds is 10. The van der Waals surface area contributed by atoms with E-state index in [1.165, 1.54) is 12.5 Å². The van der Waals surface area contributed by atoms with Crippen LogP contribution in [0.4, 0.5) is 5.69 Å². The van der Waals surface area contributed by atoms with E-state index < -0.39 is 12.1 Å². The Hall–Kier alpha value is -4.41. The van der Waals surface area contributed by atoms with E-state index in [9.17, 15) is 19.2 Å². The van der Waals surface area contributed by atoms with Crippen LogP contribution in [-0.2, 0) is 33.8 Å². The molecule has 0 saturated carbocycles. The maximum Gasteiger partial charge on any atom is 0.253 e. The predicted octanol–water partition coefficient (Wildman–Crippen LogP) is 3.67. The number of nitrogens with one attached hydrogen (secondary N) is 4. The minimum Gasteiger partial charge on any atom is -0.367 e. The Bertz CT molecular complexity index is 1540. The number of amides is 4. The predicted molar refractivity (Wildman–Crippen MR) is 187 cm³/mol. The molecule has 46 heavy (non-hydrogen) atoms. The lowest BCUT2D eigenvalue weighted by Gasteiger charge is -2.38. The number of benzene rings is 3. The summed E-state index contributed by atoms with van der Waals surface area (Å²) in [7, 11) is 0. The summed E-state index contributed by atoms with van der Waals surface area (Å²) in [6.07, 6.45) is 0.898. The van der Waals surface area contributed by atoms with Crippen molar-refractivity contribution in [3.05, 3.63) is 100 Å². The highest BCUT2D eigenvalue weighted by Gasteiger charge is 2.32. The first-order valence-electron chi connectivity index (χ1n) is 15.3. The van der Waals surface area contributed by atoms with E-state index in [4.69, 9.17) is 11.6 Å². The lowest BCUT2D eigenvalue weighted by molar-refractivity contribution is -0.137. The topological polar surface area (TPSA) is 123 Å². The van der Waals surface area contributed by atoms with Crippen molar-refractivity contribution in [2.75, 3.05) is 44.2 Å². The minimum atomic E-state index is -0.745. The van der Waals surface area contributed by atoms with Gasteiger partial charge in [-0.2, -0.15) is 0 Å². The molecule has 3 aromatic carbocycles.